The Morgan fingerprint density at radius 2 is 1.90 bits per heavy atom. The fourth-order valence-corrected chi connectivity index (χ4v) is 3.89. The molecule has 152 valence electrons. The number of rotatable bonds is 6. The highest BCUT2D eigenvalue weighted by molar-refractivity contribution is 5.79. The Kier molecular flexibility index (Phi) is 5.74. The van der Waals surface area contributed by atoms with Crippen molar-refractivity contribution in [2.24, 2.45) is 5.92 Å². The van der Waals surface area contributed by atoms with Crippen LogP contribution < -0.4 is 10.2 Å². The Labute approximate surface area is 171 Å². The first-order valence-corrected chi connectivity index (χ1v) is 10.4. The van der Waals surface area contributed by atoms with Crippen molar-refractivity contribution in [3.05, 3.63) is 53.9 Å². The first-order valence-electron chi connectivity index (χ1n) is 10.4. The third kappa shape index (κ3) is 4.55. The Morgan fingerprint density at radius 3 is 2.66 bits per heavy atom. The molecular weight excluding hydrogens is 364 g/mol. The molecule has 4 rings (SSSR count). The van der Waals surface area contributed by atoms with Crippen molar-refractivity contribution < 1.29 is 4.79 Å². The van der Waals surface area contributed by atoms with Crippen LogP contribution in [0.5, 0.6) is 0 Å². The van der Waals surface area contributed by atoms with Crippen molar-refractivity contribution in [2.45, 2.75) is 45.6 Å². The van der Waals surface area contributed by atoms with E-state index in [4.69, 9.17) is 0 Å². The Bertz CT molecular complexity index is 962. The SMILES string of the molecule is Cc1nnc2ccc(N3CCC(C(=O)NC(C)CCc4ccccc4)CC3)nn12. The fraction of sp³-hybridized carbons (Fsp3) is 0.455. The molecule has 1 N–H and O–H groups in total. The fourth-order valence-electron chi connectivity index (χ4n) is 3.89. The zero-order valence-corrected chi connectivity index (χ0v) is 17.1. The molecule has 3 aromatic rings. The molecule has 3 heterocycles. The van der Waals surface area contributed by atoms with Crippen LogP contribution in [0.4, 0.5) is 5.82 Å². The van der Waals surface area contributed by atoms with Gasteiger partial charge < -0.3 is 10.2 Å². The van der Waals surface area contributed by atoms with E-state index in [9.17, 15) is 4.79 Å². The van der Waals surface area contributed by atoms with Gasteiger partial charge >= 0.3 is 0 Å². The molecule has 1 atom stereocenters. The molecule has 1 aromatic carbocycles. The normalized spacial score (nSPS) is 16.1. The van der Waals surface area contributed by atoms with Crippen molar-refractivity contribution in [1.29, 1.82) is 0 Å². The van der Waals surface area contributed by atoms with E-state index in [0.29, 0.717) is 0 Å². The van der Waals surface area contributed by atoms with E-state index >= 15 is 0 Å². The van der Waals surface area contributed by atoms with Crippen LogP contribution >= 0.6 is 0 Å². The summed E-state index contributed by atoms with van der Waals surface area (Å²) in [6.07, 6.45) is 3.63. The third-order valence-electron chi connectivity index (χ3n) is 5.69. The van der Waals surface area contributed by atoms with Crippen molar-refractivity contribution in [2.75, 3.05) is 18.0 Å². The number of nitrogens with one attached hydrogen (secondary N) is 1. The number of fused-ring (bicyclic) bond motifs is 1. The lowest BCUT2D eigenvalue weighted by Crippen LogP contribution is -2.43. The van der Waals surface area contributed by atoms with Gasteiger partial charge in [-0.05, 0) is 57.2 Å². The molecule has 1 fully saturated rings. The summed E-state index contributed by atoms with van der Waals surface area (Å²) in [5.74, 6) is 1.95. The lowest BCUT2D eigenvalue weighted by molar-refractivity contribution is -0.126. The number of piperidine rings is 1. The minimum Gasteiger partial charge on any atom is -0.355 e. The number of anilines is 1. The average molecular weight is 393 g/mol. The maximum absolute atomic E-state index is 12.7. The topological polar surface area (TPSA) is 75.4 Å². The molecule has 1 aliphatic heterocycles. The molecule has 7 heteroatoms. The van der Waals surface area contributed by atoms with Crippen molar-refractivity contribution in [3.8, 4) is 0 Å². The molecule has 2 aromatic heterocycles. The number of amides is 1. The van der Waals surface area contributed by atoms with Gasteiger partial charge in [-0.3, -0.25) is 4.79 Å². The summed E-state index contributed by atoms with van der Waals surface area (Å²) < 4.78 is 1.77. The molecular formula is C22H28N6O. The van der Waals surface area contributed by atoms with Gasteiger partial charge in [0.2, 0.25) is 5.91 Å². The highest BCUT2D eigenvalue weighted by Gasteiger charge is 2.26. The summed E-state index contributed by atoms with van der Waals surface area (Å²) in [6.45, 7) is 5.65. The van der Waals surface area contributed by atoms with Gasteiger partial charge in [0.25, 0.3) is 0 Å². The monoisotopic (exact) mass is 392 g/mol. The van der Waals surface area contributed by atoms with Gasteiger partial charge in [-0.25, -0.2) is 0 Å². The summed E-state index contributed by atoms with van der Waals surface area (Å²) in [5, 5.41) is 16.0. The van der Waals surface area contributed by atoms with Crippen LogP contribution in [0, 0.1) is 12.8 Å². The van der Waals surface area contributed by atoms with Gasteiger partial charge in [0.1, 0.15) is 5.82 Å². The van der Waals surface area contributed by atoms with Crippen LogP contribution in [0.1, 0.15) is 37.6 Å². The third-order valence-corrected chi connectivity index (χ3v) is 5.69. The Morgan fingerprint density at radius 1 is 1.14 bits per heavy atom. The molecule has 0 bridgehead atoms. The number of carbonyl (C=O) groups is 1. The van der Waals surface area contributed by atoms with Gasteiger partial charge in [-0.1, -0.05) is 30.3 Å². The molecule has 1 saturated heterocycles. The Balaban J connectivity index is 1.27. The predicted molar refractivity (Wildman–Crippen MR) is 113 cm³/mol. The number of hydrogen-bond donors (Lipinski definition) is 1. The van der Waals surface area contributed by atoms with Crippen LogP contribution in [-0.4, -0.2) is 44.8 Å². The van der Waals surface area contributed by atoms with Crippen molar-refractivity contribution in [3.63, 3.8) is 0 Å². The van der Waals surface area contributed by atoms with E-state index in [1.165, 1.54) is 5.56 Å². The summed E-state index contributed by atoms with van der Waals surface area (Å²) in [4.78, 5) is 14.9. The number of hydrogen-bond acceptors (Lipinski definition) is 5. The second-order valence-electron chi connectivity index (χ2n) is 7.90. The predicted octanol–water partition coefficient (Wildman–Crippen LogP) is 2.79. The smallest absolute Gasteiger partial charge is 0.223 e. The number of nitrogens with zero attached hydrogens (tertiary/aromatic N) is 5. The minimum absolute atomic E-state index is 0.0748. The highest BCUT2D eigenvalue weighted by atomic mass is 16.1. The standard InChI is InChI=1S/C22H28N6O/c1-16(8-9-18-6-4-3-5-7-18)23-22(29)19-12-14-27(15-13-19)21-11-10-20-25-24-17(2)28(20)26-21/h3-7,10-11,16,19H,8-9,12-15H2,1-2H3,(H,23,29). The molecule has 0 spiro atoms. The molecule has 0 saturated carbocycles. The van der Waals surface area contributed by atoms with Gasteiger partial charge in [0.15, 0.2) is 11.5 Å². The lowest BCUT2D eigenvalue weighted by Gasteiger charge is -2.32. The van der Waals surface area contributed by atoms with E-state index in [-0.39, 0.29) is 17.9 Å². The molecule has 29 heavy (non-hydrogen) atoms. The van der Waals surface area contributed by atoms with Crippen molar-refractivity contribution >= 4 is 17.4 Å². The number of carbonyl (C=O) groups excluding carboxylic acids is 1. The van der Waals surface area contributed by atoms with Crippen LogP contribution in [0.2, 0.25) is 0 Å². The van der Waals surface area contributed by atoms with E-state index in [0.717, 1.165) is 56.1 Å². The molecule has 0 aliphatic carbocycles. The number of benzene rings is 1. The quantitative estimate of drug-likeness (QED) is 0.698. The zero-order valence-electron chi connectivity index (χ0n) is 17.1. The largest absolute Gasteiger partial charge is 0.355 e. The Hall–Kier alpha value is -2.96. The first kappa shape index (κ1) is 19.4. The molecule has 1 aliphatic rings. The molecule has 0 radical (unpaired) electrons. The first-order chi connectivity index (χ1) is 14.1. The zero-order chi connectivity index (χ0) is 20.2. The van der Waals surface area contributed by atoms with Gasteiger partial charge in [-0.15, -0.1) is 15.3 Å². The summed E-state index contributed by atoms with van der Waals surface area (Å²) >= 11 is 0. The van der Waals surface area contributed by atoms with Gasteiger partial charge in [-0.2, -0.15) is 4.52 Å². The van der Waals surface area contributed by atoms with Gasteiger partial charge in [0, 0.05) is 25.0 Å². The summed E-state index contributed by atoms with van der Waals surface area (Å²) in [6, 6.07) is 14.5. The van der Waals surface area contributed by atoms with Crippen LogP contribution in [0.3, 0.4) is 0 Å². The van der Waals surface area contributed by atoms with E-state index in [1.807, 2.05) is 25.1 Å². The molecule has 7 nitrogen and oxygen atoms in total. The van der Waals surface area contributed by atoms with Crippen LogP contribution in [0.15, 0.2) is 42.5 Å². The van der Waals surface area contributed by atoms with Gasteiger partial charge in [0.05, 0.1) is 0 Å². The molecule has 1 amide bonds. The highest BCUT2D eigenvalue weighted by Crippen LogP contribution is 2.22. The average Bonchev–Trinajstić information content (AvgIpc) is 3.13. The van der Waals surface area contributed by atoms with E-state index in [2.05, 4.69) is 56.7 Å². The molecule has 1 unspecified atom stereocenters. The number of aromatic nitrogens is 4. The lowest BCUT2D eigenvalue weighted by atomic mass is 9.95. The number of aryl methyl sites for hydroxylation is 2. The van der Waals surface area contributed by atoms with E-state index in [1.54, 1.807) is 4.52 Å². The van der Waals surface area contributed by atoms with Crippen LogP contribution in [0.25, 0.3) is 5.65 Å². The second kappa shape index (κ2) is 8.59. The minimum atomic E-state index is 0.0748. The van der Waals surface area contributed by atoms with E-state index < -0.39 is 0 Å². The summed E-state index contributed by atoms with van der Waals surface area (Å²) in [7, 11) is 0. The van der Waals surface area contributed by atoms with Crippen LogP contribution in [-0.2, 0) is 11.2 Å². The second-order valence-corrected chi connectivity index (χ2v) is 7.90. The summed E-state index contributed by atoms with van der Waals surface area (Å²) in [5.41, 5.74) is 2.07. The van der Waals surface area contributed by atoms with Crippen molar-refractivity contribution in [1.82, 2.24) is 25.1 Å². The maximum atomic E-state index is 12.7. The maximum Gasteiger partial charge on any atom is 0.223 e.